The van der Waals surface area contributed by atoms with Crippen molar-refractivity contribution >= 4 is 11.9 Å². The third kappa shape index (κ3) is 5.35. The average molecular weight is 392 g/mol. The first-order valence-corrected chi connectivity index (χ1v) is 8.91. The van der Waals surface area contributed by atoms with Crippen LogP contribution in [0.25, 0.3) is 11.3 Å². The zero-order valence-electron chi connectivity index (χ0n) is 15.4. The molecular formula is C19H22F2N4O3. The predicted molar refractivity (Wildman–Crippen MR) is 99.5 cm³/mol. The summed E-state index contributed by atoms with van der Waals surface area (Å²) in [6.07, 6.45) is 0.351. The summed E-state index contributed by atoms with van der Waals surface area (Å²) in [5.74, 6) is 0.655. The van der Waals surface area contributed by atoms with Gasteiger partial charge in [0.05, 0.1) is 5.69 Å². The largest absolute Gasteiger partial charge is 0.490 e. The normalized spacial score (nSPS) is 15.9. The molecule has 7 nitrogen and oxygen atoms in total. The highest BCUT2D eigenvalue weighted by molar-refractivity contribution is 5.82. The van der Waals surface area contributed by atoms with Gasteiger partial charge < -0.3 is 15.6 Å². The van der Waals surface area contributed by atoms with Crippen LogP contribution in [0.1, 0.15) is 38.3 Å². The summed E-state index contributed by atoms with van der Waals surface area (Å²) < 4.78 is 32.7. The van der Waals surface area contributed by atoms with Crippen LogP contribution in [-0.4, -0.2) is 33.3 Å². The molecular weight excluding hydrogens is 370 g/mol. The lowest BCUT2D eigenvalue weighted by Gasteiger charge is -2.25. The first kappa shape index (κ1) is 19.9. The van der Waals surface area contributed by atoms with E-state index in [1.807, 2.05) is 6.92 Å². The number of rotatable bonds is 8. The smallest absolute Gasteiger partial charge is 0.410 e. The van der Waals surface area contributed by atoms with E-state index in [0.29, 0.717) is 11.5 Å². The van der Waals surface area contributed by atoms with E-state index in [4.69, 9.17) is 15.6 Å². The molecule has 0 bridgehead atoms. The molecule has 3 rings (SSSR count). The number of hydrogen-bond donors (Lipinski definition) is 3. The SMILES string of the molecule is CC(N)(COc1ccc(-c2ccnc(NC(=O)O)c2)nc1C(F)F)CC1CC1. The molecule has 0 aromatic carbocycles. The maximum absolute atomic E-state index is 13.5. The molecule has 0 aliphatic heterocycles. The van der Waals surface area contributed by atoms with Gasteiger partial charge in [-0.15, -0.1) is 0 Å². The van der Waals surface area contributed by atoms with E-state index in [1.54, 1.807) is 6.07 Å². The van der Waals surface area contributed by atoms with Crippen molar-refractivity contribution in [3.8, 4) is 17.0 Å². The molecule has 150 valence electrons. The highest BCUT2D eigenvalue weighted by atomic mass is 19.3. The minimum atomic E-state index is -2.83. The fourth-order valence-corrected chi connectivity index (χ4v) is 2.95. The minimum Gasteiger partial charge on any atom is -0.490 e. The molecule has 2 heterocycles. The zero-order valence-corrected chi connectivity index (χ0v) is 15.4. The number of carboxylic acid groups (broad SMARTS) is 1. The molecule has 0 spiro atoms. The molecule has 9 heteroatoms. The number of anilines is 1. The van der Waals surface area contributed by atoms with E-state index < -0.39 is 23.8 Å². The maximum Gasteiger partial charge on any atom is 0.410 e. The Balaban J connectivity index is 1.80. The summed E-state index contributed by atoms with van der Waals surface area (Å²) in [5, 5.41) is 10.9. The van der Waals surface area contributed by atoms with E-state index in [9.17, 15) is 13.6 Å². The molecule has 1 atom stereocenters. The van der Waals surface area contributed by atoms with Crippen LogP contribution < -0.4 is 15.8 Å². The van der Waals surface area contributed by atoms with Crippen LogP contribution in [0, 0.1) is 5.92 Å². The molecule has 1 saturated carbocycles. The van der Waals surface area contributed by atoms with Crippen molar-refractivity contribution < 1.29 is 23.4 Å². The van der Waals surface area contributed by atoms with Crippen LogP contribution in [-0.2, 0) is 0 Å². The summed E-state index contributed by atoms with van der Waals surface area (Å²) in [6, 6.07) is 5.94. The lowest BCUT2D eigenvalue weighted by molar-refractivity contribution is 0.135. The van der Waals surface area contributed by atoms with Crippen molar-refractivity contribution in [3.63, 3.8) is 0 Å². The van der Waals surface area contributed by atoms with Gasteiger partial charge in [-0.1, -0.05) is 12.8 Å². The van der Waals surface area contributed by atoms with Crippen molar-refractivity contribution in [1.82, 2.24) is 9.97 Å². The van der Waals surface area contributed by atoms with Crippen LogP contribution in [0.5, 0.6) is 5.75 Å². The maximum atomic E-state index is 13.5. The van der Waals surface area contributed by atoms with Crippen LogP contribution in [0.2, 0.25) is 0 Å². The first-order valence-electron chi connectivity index (χ1n) is 8.91. The topological polar surface area (TPSA) is 110 Å². The monoisotopic (exact) mass is 392 g/mol. The van der Waals surface area contributed by atoms with Gasteiger partial charge in [0.25, 0.3) is 6.43 Å². The number of nitrogens with two attached hydrogens (primary N) is 1. The van der Waals surface area contributed by atoms with Crippen LogP contribution in [0.3, 0.4) is 0 Å². The minimum absolute atomic E-state index is 0.0100. The summed E-state index contributed by atoms with van der Waals surface area (Å²) in [6.45, 7) is 1.97. The summed E-state index contributed by atoms with van der Waals surface area (Å²) >= 11 is 0. The Morgan fingerprint density at radius 3 is 2.82 bits per heavy atom. The number of alkyl halides is 2. The second kappa shape index (κ2) is 8.05. The van der Waals surface area contributed by atoms with Gasteiger partial charge in [-0.25, -0.2) is 23.5 Å². The Morgan fingerprint density at radius 1 is 1.43 bits per heavy atom. The third-order valence-electron chi connectivity index (χ3n) is 4.39. The molecule has 1 amide bonds. The molecule has 0 radical (unpaired) electrons. The van der Waals surface area contributed by atoms with Crippen molar-refractivity contribution in [2.45, 2.75) is 38.2 Å². The predicted octanol–water partition coefficient (Wildman–Crippen LogP) is 4.07. The Hall–Kier alpha value is -2.81. The van der Waals surface area contributed by atoms with E-state index in [2.05, 4.69) is 15.3 Å². The lowest BCUT2D eigenvalue weighted by atomic mass is 9.97. The van der Waals surface area contributed by atoms with Gasteiger partial charge in [0.1, 0.15) is 23.9 Å². The number of nitrogens with zero attached hydrogens (tertiary/aromatic N) is 2. The van der Waals surface area contributed by atoms with Crippen molar-refractivity contribution in [2.75, 3.05) is 11.9 Å². The quantitative estimate of drug-likeness (QED) is 0.625. The second-order valence-electron chi connectivity index (χ2n) is 7.33. The first-order chi connectivity index (χ1) is 13.2. The number of aromatic nitrogens is 2. The number of ether oxygens (including phenoxy) is 1. The molecule has 1 aliphatic rings. The summed E-state index contributed by atoms with van der Waals surface area (Å²) in [5.41, 5.74) is 5.84. The van der Waals surface area contributed by atoms with Crippen LogP contribution in [0.15, 0.2) is 30.5 Å². The van der Waals surface area contributed by atoms with Gasteiger partial charge in [0, 0.05) is 17.3 Å². The molecule has 2 aromatic rings. The molecule has 1 unspecified atom stereocenters. The van der Waals surface area contributed by atoms with Gasteiger partial charge in [-0.05, 0) is 43.5 Å². The number of nitrogens with one attached hydrogen (secondary N) is 1. The fourth-order valence-electron chi connectivity index (χ4n) is 2.95. The highest BCUT2D eigenvalue weighted by Gasteiger charge is 2.31. The molecule has 4 N–H and O–H groups in total. The van der Waals surface area contributed by atoms with Gasteiger partial charge in [-0.3, -0.25) is 5.32 Å². The zero-order chi connectivity index (χ0) is 20.3. The number of carbonyl (C=O) groups is 1. The number of halogens is 2. The average Bonchev–Trinajstić information content (AvgIpc) is 3.43. The second-order valence-corrected chi connectivity index (χ2v) is 7.33. The van der Waals surface area contributed by atoms with Crippen molar-refractivity contribution in [1.29, 1.82) is 0 Å². The molecule has 0 saturated heterocycles. The number of pyridine rings is 2. The molecule has 28 heavy (non-hydrogen) atoms. The Kier molecular flexibility index (Phi) is 5.73. The van der Waals surface area contributed by atoms with Crippen molar-refractivity contribution in [2.24, 2.45) is 11.7 Å². The standard InChI is InChI=1S/C19H22F2N4O3/c1-19(22,9-11-2-3-11)10-28-14-5-4-13(24-16(14)17(20)21)12-6-7-23-15(8-12)25-18(26)27/h4-8,11,17H,2-3,9-10,22H2,1H3,(H,23,25)(H,26,27). The Labute approximate surface area is 160 Å². The Morgan fingerprint density at radius 2 is 2.18 bits per heavy atom. The number of amides is 1. The van der Waals surface area contributed by atoms with Gasteiger partial charge >= 0.3 is 6.09 Å². The molecule has 2 aromatic heterocycles. The summed E-state index contributed by atoms with van der Waals surface area (Å²) in [7, 11) is 0. The van der Waals surface area contributed by atoms with Gasteiger partial charge in [0.15, 0.2) is 0 Å². The van der Waals surface area contributed by atoms with Gasteiger partial charge in [-0.2, -0.15) is 0 Å². The van der Waals surface area contributed by atoms with E-state index in [1.165, 1.54) is 24.4 Å². The molecule has 1 aliphatic carbocycles. The lowest BCUT2D eigenvalue weighted by Crippen LogP contribution is -2.43. The highest BCUT2D eigenvalue weighted by Crippen LogP contribution is 2.37. The third-order valence-corrected chi connectivity index (χ3v) is 4.39. The fraction of sp³-hybridized carbons (Fsp3) is 0.421. The number of hydrogen-bond acceptors (Lipinski definition) is 5. The van der Waals surface area contributed by atoms with E-state index >= 15 is 0 Å². The van der Waals surface area contributed by atoms with Crippen LogP contribution >= 0.6 is 0 Å². The van der Waals surface area contributed by atoms with Crippen molar-refractivity contribution in [3.05, 3.63) is 36.2 Å². The van der Waals surface area contributed by atoms with E-state index in [-0.39, 0.29) is 23.9 Å². The summed E-state index contributed by atoms with van der Waals surface area (Å²) in [4.78, 5) is 18.6. The van der Waals surface area contributed by atoms with E-state index in [0.717, 1.165) is 19.3 Å². The van der Waals surface area contributed by atoms with Gasteiger partial charge in [0.2, 0.25) is 0 Å². The van der Waals surface area contributed by atoms with Crippen LogP contribution in [0.4, 0.5) is 19.4 Å². The molecule has 1 fully saturated rings. The Bertz CT molecular complexity index is 857.